The van der Waals surface area contributed by atoms with Crippen molar-refractivity contribution in [1.29, 1.82) is 0 Å². The summed E-state index contributed by atoms with van der Waals surface area (Å²) in [7, 11) is 0. The first-order valence-corrected chi connectivity index (χ1v) is 7.77. The van der Waals surface area contributed by atoms with Gasteiger partial charge in [0.15, 0.2) is 0 Å². The number of halogens is 1. The summed E-state index contributed by atoms with van der Waals surface area (Å²) in [5.74, 6) is 2.94. The third kappa shape index (κ3) is 3.05. The van der Waals surface area contributed by atoms with Crippen LogP contribution in [0.3, 0.4) is 0 Å². The molecule has 0 amide bonds. The molecule has 0 atom stereocenters. The second-order valence-electron chi connectivity index (χ2n) is 5.91. The minimum absolute atomic E-state index is 0.256. The Morgan fingerprint density at radius 1 is 1.38 bits per heavy atom. The molecule has 112 valence electrons. The molecule has 1 aliphatic carbocycles. The lowest BCUT2D eigenvalue weighted by atomic mass is 10.2. The van der Waals surface area contributed by atoms with Gasteiger partial charge in [0.2, 0.25) is 0 Å². The maximum absolute atomic E-state index is 6.31. The second kappa shape index (κ2) is 5.68. The van der Waals surface area contributed by atoms with E-state index in [1.165, 1.54) is 12.8 Å². The smallest absolute Gasteiger partial charge is 0.137 e. The Labute approximate surface area is 130 Å². The minimum Gasteiger partial charge on any atom is -0.467 e. The van der Waals surface area contributed by atoms with Gasteiger partial charge in [0.05, 0.1) is 12.8 Å². The Bertz CT molecular complexity index is 621. The van der Waals surface area contributed by atoms with Gasteiger partial charge in [-0.05, 0) is 31.9 Å². The summed E-state index contributed by atoms with van der Waals surface area (Å²) in [6.07, 6.45) is 4.09. The fourth-order valence-electron chi connectivity index (χ4n) is 2.37. The van der Waals surface area contributed by atoms with Crippen LogP contribution in [0.15, 0.2) is 22.8 Å². The summed E-state index contributed by atoms with van der Waals surface area (Å²) in [6.45, 7) is 6.88. The van der Waals surface area contributed by atoms with Crippen molar-refractivity contribution >= 4 is 17.4 Å². The van der Waals surface area contributed by atoms with E-state index < -0.39 is 0 Å². The monoisotopic (exact) mass is 305 g/mol. The van der Waals surface area contributed by atoms with E-state index in [1.54, 1.807) is 6.26 Å². The lowest BCUT2D eigenvalue weighted by Crippen LogP contribution is -2.27. The number of hydrogen-bond acceptors (Lipinski definition) is 4. The average molecular weight is 306 g/mol. The van der Waals surface area contributed by atoms with Gasteiger partial charge in [-0.1, -0.05) is 25.4 Å². The molecule has 1 aliphatic rings. The molecule has 21 heavy (non-hydrogen) atoms. The first-order valence-electron chi connectivity index (χ1n) is 7.39. The molecule has 2 aromatic heterocycles. The van der Waals surface area contributed by atoms with Crippen molar-refractivity contribution in [2.75, 3.05) is 4.90 Å². The number of rotatable bonds is 5. The normalized spacial score (nSPS) is 14.7. The molecule has 0 unspecified atom stereocenters. The molecular weight excluding hydrogens is 286 g/mol. The number of hydrogen-bond donors (Lipinski definition) is 0. The van der Waals surface area contributed by atoms with Crippen molar-refractivity contribution in [3.8, 4) is 0 Å². The van der Waals surface area contributed by atoms with E-state index in [2.05, 4.69) is 23.7 Å². The molecule has 3 rings (SSSR count). The highest BCUT2D eigenvalue weighted by Crippen LogP contribution is 2.35. The fourth-order valence-corrected chi connectivity index (χ4v) is 2.54. The van der Waals surface area contributed by atoms with Crippen LogP contribution in [0.4, 0.5) is 5.82 Å². The quantitative estimate of drug-likeness (QED) is 0.771. The van der Waals surface area contributed by atoms with Gasteiger partial charge < -0.3 is 9.32 Å². The van der Waals surface area contributed by atoms with Crippen LogP contribution in [0.2, 0.25) is 5.15 Å². The maximum atomic E-state index is 6.31. The molecule has 1 saturated carbocycles. The largest absolute Gasteiger partial charge is 0.467 e. The lowest BCUT2D eigenvalue weighted by Gasteiger charge is -2.25. The van der Waals surface area contributed by atoms with E-state index in [-0.39, 0.29) is 5.92 Å². The third-order valence-corrected chi connectivity index (χ3v) is 4.13. The van der Waals surface area contributed by atoms with Crippen LogP contribution in [-0.4, -0.2) is 16.0 Å². The number of furan rings is 1. The highest BCUT2D eigenvalue weighted by molar-refractivity contribution is 6.30. The summed E-state index contributed by atoms with van der Waals surface area (Å²) >= 11 is 6.31. The molecule has 2 heterocycles. The second-order valence-corrected chi connectivity index (χ2v) is 6.27. The summed E-state index contributed by atoms with van der Waals surface area (Å²) in [5, 5.41) is 0.550. The number of aromatic nitrogens is 2. The van der Waals surface area contributed by atoms with Gasteiger partial charge >= 0.3 is 0 Å². The molecule has 1 fully saturated rings. The van der Waals surface area contributed by atoms with Crippen molar-refractivity contribution < 1.29 is 4.42 Å². The molecule has 0 bridgehead atoms. The zero-order valence-electron chi connectivity index (χ0n) is 12.6. The number of anilines is 1. The van der Waals surface area contributed by atoms with Crippen LogP contribution in [0, 0.1) is 6.92 Å². The summed E-state index contributed by atoms with van der Waals surface area (Å²) < 4.78 is 5.49. The first-order chi connectivity index (χ1) is 10.1. The van der Waals surface area contributed by atoms with Gasteiger partial charge in [0.1, 0.15) is 22.6 Å². The Balaban J connectivity index is 1.98. The molecule has 5 heteroatoms. The third-order valence-electron chi connectivity index (χ3n) is 3.76. The molecule has 0 aromatic carbocycles. The van der Waals surface area contributed by atoms with Gasteiger partial charge in [-0.25, -0.2) is 9.97 Å². The zero-order chi connectivity index (χ0) is 15.0. The van der Waals surface area contributed by atoms with Crippen molar-refractivity contribution in [1.82, 2.24) is 9.97 Å². The molecule has 0 aliphatic heterocycles. The van der Waals surface area contributed by atoms with Crippen LogP contribution < -0.4 is 4.90 Å². The average Bonchev–Trinajstić information content (AvgIpc) is 3.16. The molecule has 4 nitrogen and oxygen atoms in total. The Morgan fingerprint density at radius 2 is 2.14 bits per heavy atom. The predicted octanol–water partition coefficient (Wildman–Crippen LogP) is 4.32. The van der Waals surface area contributed by atoms with Crippen LogP contribution in [0.25, 0.3) is 0 Å². The SMILES string of the molecule is Cc1c(Cl)nc(C(C)C)nc1N(Cc1ccco1)C1CC1. The van der Waals surface area contributed by atoms with Crippen LogP contribution >= 0.6 is 11.6 Å². The molecular formula is C16H20ClN3O. The van der Waals surface area contributed by atoms with Crippen molar-refractivity contribution in [3.63, 3.8) is 0 Å². The van der Waals surface area contributed by atoms with Crippen molar-refractivity contribution in [3.05, 3.63) is 40.7 Å². The van der Waals surface area contributed by atoms with E-state index in [0.29, 0.717) is 11.2 Å². The lowest BCUT2D eigenvalue weighted by molar-refractivity contribution is 0.499. The highest BCUT2D eigenvalue weighted by Gasteiger charge is 2.32. The van der Waals surface area contributed by atoms with E-state index in [0.717, 1.165) is 29.5 Å². The minimum atomic E-state index is 0.256. The molecule has 0 radical (unpaired) electrons. The van der Waals surface area contributed by atoms with Gasteiger partial charge in [0.25, 0.3) is 0 Å². The highest BCUT2D eigenvalue weighted by atomic mass is 35.5. The Kier molecular flexibility index (Phi) is 3.89. The topological polar surface area (TPSA) is 42.2 Å². The molecule has 0 spiro atoms. The van der Waals surface area contributed by atoms with Crippen LogP contribution in [0.5, 0.6) is 0 Å². The van der Waals surface area contributed by atoms with E-state index in [4.69, 9.17) is 21.0 Å². The van der Waals surface area contributed by atoms with E-state index in [1.807, 2.05) is 19.1 Å². The summed E-state index contributed by atoms with van der Waals surface area (Å²) in [6, 6.07) is 4.44. The maximum Gasteiger partial charge on any atom is 0.137 e. The standard InChI is InChI=1S/C16H20ClN3O/c1-10(2)15-18-14(17)11(3)16(19-15)20(12-6-7-12)9-13-5-4-8-21-13/h4-5,8,10,12H,6-7,9H2,1-3H3. The van der Waals surface area contributed by atoms with Gasteiger partial charge in [0, 0.05) is 17.5 Å². The Hall–Kier alpha value is -1.55. The number of nitrogens with zero attached hydrogens (tertiary/aromatic N) is 3. The van der Waals surface area contributed by atoms with Gasteiger partial charge in [-0.3, -0.25) is 0 Å². The van der Waals surface area contributed by atoms with Crippen LogP contribution in [-0.2, 0) is 6.54 Å². The summed E-state index contributed by atoms with van der Waals surface area (Å²) in [4.78, 5) is 11.5. The van der Waals surface area contributed by atoms with Crippen LogP contribution in [0.1, 0.15) is 49.8 Å². The van der Waals surface area contributed by atoms with E-state index >= 15 is 0 Å². The molecule has 2 aromatic rings. The van der Waals surface area contributed by atoms with E-state index in [9.17, 15) is 0 Å². The van der Waals surface area contributed by atoms with Gasteiger partial charge in [-0.15, -0.1) is 0 Å². The Morgan fingerprint density at radius 3 is 2.71 bits per heavy atom. The summed E-state index contributed by atoms with van der Waals surface area (Å²) in [5.41, 5.74) is 0.944. The molecule has 0 N–H and O–H groups in total. The molecule has 0 saturated heterocycles. The zero-order valence-corrected chi connectivity index (χ0v) is 13.4. The van der Waals surface area contributed by atoms with Crippen molar-refractivity contribution in [2.45, 2.75) is 52.1 Å². The van der Waals surface area contributed by atoms with Crippen molar-refractivity contribution in [2.24, 2.45) is 0 Å². The predicted molar refractivity (Wildman–Crippen MR) is 83.8 cm³/mol. The fraction of sp³-hybridized carbons (Fsp3) is 0.500. The van der Waals surface area contributed by atoms with Gasteiger partial charge in [-0.2, -0.15) is 0 Å². The first kappa shape index (κ1) is 14.4.